The van der Waals surface area contributed by atoms with Gasteiger partial charge in [-0.05, 0) is 24.5 Å². The maximum atomic E-state index is 4.13. The number of allylic oxidation sites excluding steroid dienone is 1. The van der Waals surface area contributed by atoms with Gasteiger partial charge in [0.2, 0.25) is 0 Å². The first-order valence-corrected chi connectivity index (χ1v) is 5.12. The molecule has 0 radical (unpaired) electrons. The van der Waals surface area contributed by atoms with Gasteiger partial charge in [-0.15, -0.1) is 0 Å². The fraction of sp³-hybridized carbons (Fsp3) is 0.385. The van der Waals surface area contributed by atoms with E-state index in [1.165, 1.54) is 11.3 Å². The SMILES string of the molecule is C=C1Nc2ccccc2C1(C)C(C)C. The minimum atomic E-state index is 0.0800. The minimum absolute atomic E-state index is 0.0800. The molecule has 1 heterocycles. The second-order valence-corrected chi connectivity index (χ2v) is 4.51. The Morgan fingerprint density at radius 2 is 1.93 bits per heavy atom. The summed E-state index contributed by atoms with van der Waals surface area (Å²) in [7, 11) is 0. The number of anilines is 1. The van der Waals surface area contributed by atoms with E-state index in [0.717, 1.165) is 5.70 Å². The van der Waals surface area contributed by atoms with Crippen LogP contribution in [0.1, 0.15) is 26.3 Å². The van der Waals surface area contributed by atoms with Gasteiger partial charge in [-0.3, -0.25) is 0 Å². The molecule has 14 heavy (non-hydrogen) atoms. The normalized spacial score (nSPS) is 25.0. The van der Waals surface area contributed by atoms with Crippen LogP contribution in [0, 0.1) is 5.92 Å². The first-order valence-electron chi connectivity index (χ1n) is 5.12. The molecule has 1 unspecified atom stereocenters. The van der Waals surface area contributed by atoms with Crippen LogP contribution in [0.5, 0.6) is 0 Å². The first kappa shape index (κ1) is 9.32. The number of nitrogens with one attached hydrogen (secondary N) is 1. The van der Waals surface area contributed by atoms with Gasteiger partial charge in [0, 0.05) is 16.8 Å². The maximum absolute atomic E-state index is 4.13. The Bertz CT molecular complexity index is 379. The monoisotopic (exact) mass is 187 g/mol. The minimum Gasteiger partial charge on any atom is -0.358 e. The second kappa shape index (κ2) is 2.88. The van der Waals surface area contributed by atoms with Crippen molar-refractivity contribution in [2.75, 3.05) is 5.32 Å². The zero-order valence-corrected chi connectivity index (χ0v) is 9.09. The molecular formula is C13H17N. The molecule has 0 aliphatic carbocycles. The van der Waals surface area contributed by atoms with Crippen molar-refractivity contribution in [1.29, 1.82) is 0 Å². The molecule has 1 nitrogen and oxygen atoms in total. The Kier molecular flexibility index (Phi) is 1.91. The Morgan fingerprint density at radius 1 is 1.29 bits per heavy atom. The number of rotatable bonds is 1. The summed E-state index contributed by atoms with van der Waals surface area (Å²) >= 11 is 0. The molecular weight excluding hydrogens is 170 g/mol. The van der Waals surface area contributed by atoms with Crippen molar-refractivity contribution in [3.05, 3.63) is 42.1 Å². The molecule has 1 aromatic rings. The molecule has 1 heteroatoms. The van der Waals surface area contributed by atoms with Gasteiger partial charge >= 0.3 is 0 Å². The average Bonchev–Trinajstić information content (AvgIpc) is 2.41. The molecule has 1 aliphatic rings. The summed E-state index contributed by atoms with van der Waals surface area (Å²) in [6, 6.07) is 8.47. The number of hydrogen-bond donors (Lipinski definition) is 1. The summed E-state index contributed by atoms with van der Waals surface area (Å²) in [5.74, 6) is 0.561. The molecule has 0 fully saturated rings. The zero-order chi connectivity index (χ0) is 10.3. The molecule has 74 valence electrons. The lowest BCUT2D eigenvalue weighted by molar-refractivity contribution is 0.412. The van der Waals surface area contributed by atoms with Crippen molar-refractivity contribution in [2.24, 2.45) is 5.92 Å². The van der Waals surface area contributed by atoms with Crippen LogP contribution in [0.3, 0.4) is 0 Å². The van der Waals surface area contributed by atoms with Gasteiger partial charge in [0.25, 0.3) is 0 Å². The molecule has 0 spiro atoms. The highest BCUT2D eigenvalue weighted by Gasteiger charge is 2.40. The zero-order valence-electron chi connectivity index (χ0n) is 9.09. The van der Waals surface area contributed by atoms with E-state index in [0.29, 0.717) is 5.92 Å². The van der Waals surface area contributed by atoms with E-state index in [1.807, 2.05) is 0 Å². The predicted molar refractivity (Wildman–Crippen MR) is 61.4 cm³/mol. The number of hydrogen-bond acceptors (Lipinski definition) is 1. The Morgan fingerprint density at radius 3 is 2.57 bits per heavy atom. The van der Waals surface area contributed by atoms with Crippen molar-refractivity contribution in [3.8, 4) is 0 Å². The molecule has 1 aliphatic heterocycles. The molecule has 0 aromatic heterocycles. The van der Waals surface area contributed by atoms with E-state index in [2.05, 4.69) is 56.9 Å². The Balaban J connectivity index is 2.60. The van der Waals surface area contributed by atoms with Crippen LogP contribution < -0.4 is 5.32 Å². The molecule has 1 aromatic carbocycles. The van der Waals surface area contributed by atoms with Crippen LogP contribution >= 0.6 is 0 Å². The number of fused-ring (bicyclic) bond motifs is 1. The fourth-order valence-corrected chi connectivity index (χ4v) is 2.16. The number of para-hydroxylation sites is 1. The van der Waals surface area contributed by atoms with Crippen molar-refractivity contribution in [3.63, 3.8) is 0 Å². The standard InChI is InChI=1S/C13H17N/c1-9(2)13(4)10(3)14-12-8-6-5-7-11(12)13/h5-9,14H,3H2,1-2,4H3. The Hall–Kier alpha value is -1.24. The van der Waals surface area contributed by atoms with Crippen LogP contribution in [0.15, 0.2) is 36.5 Å². The topological polar surface area (TPSA) is 12.0 Å². The first-order chi connectivity index (χ1) is 6.56. The highest BCUT2D eigenvalue weighted by atomic mass is 15.0. The van der Waals surface area contributed by atoms with E-state index in [-0.39, 0.29) is 5.41 Å². The van der Waals surface area contributed by atoms with E-state index >= 15 is 0 Å². The van der Waals surface area contributed by atoms with E-state index < -0.39 is 0 Å². The predicted octanol–water partition coefficient (Wildman–Crippen LogP) is 3.54. The second-order valence-electron chi connectivity index (χ2n) is 4.51. The average molecular weight is 187 g/mol. The molecule has 0 saturated carbocycles. The van der Waals surface area contributed by atoms with Gasteiger partial charge in [0.1, 0.15) is 0 Å². The molecule has 0 amide bonds. The maximum Gasteiger partial charge on any atom is 0.0424 e. The van der Waals surface area contributed by atoms with Crippen LogP contribution in [0.25, 0.3) is 0 Å². The van der Waals surface area contributed by atoms with E-state index in [4.69, 9.17) is 0 Å². The molecule has 2 rings (SSSR count). The molecule has 0 bridgehead atoms. The summed E-state index contributed by atoms with van der Waals surface area (Å²) < 4.78 is 0. The van der Waals surface area contributed by atoms with Crippen molar-refractivity contribution < 1.29 is 0 Å². The van der Waals surface area contributed by atoms with E-state index in [9.17, 15) is 0 Å². The van der Waals surface area contributed by atoms with E-state index in [1.54, 1.807) is 0 Å². The lowest BCUT2D eigenvalue weighted by Crippen LogP contribution is -2.28. The third kappa shape index (κ3) is 1.02. The van der Waals surface area contributed by atoms with Gasteiger partial charge in [-0.1, -0.05) is 38.6 Å². The molecule has 1 atom stereocenters. The van der Waals surface area contributed by atoms with Crippen LogP contribution in [0.4, 0.5) is 5.69 Å². The van der Waals surface area contributed by atoms with Crippen molar-refractivity contribution in [2.45, 2.75) is 26.2 Å². The largest absolute Gasteiger partial charge is 0.358 e. The van der Waals surface area contributed by atoms with Gasteiger partial charge in [0.15, 0.2) is 0 Å². The number of benzene rings is 1. The molecule has 0 saturated heterocycles. The highest BCUT2D eigenvalue weighted by molar-refractivity contribution is 5.67. The van der Waals surface area contributed by atoms with Gasteiger partial charge < -0.3 is 5.32 Å². The molecule has 1 N–H and O–H groups in total. The summed E-state index contributed by atoms with van der Waals surface area (Å²) in [6.07, 6.45) is 0. The van der Waals surface area contributed by atoms with Crippen LogP contribution in [-0.4, -0.2) is 0 Å². The van der Waals surface area contributed by atoms with Crippen molar-refractivity contribution in [1.82, 2.24) is 0 Å². The smallest absolute Gasteiger partial charge is 0.0424 e. The summed E-state index contributed by atoms with van der Waals surface area (Å²) in [6.45, 7) is 10.9. The highest BCUT2D eigenvalue weighted by Crippen LogP contribution is 2.47. The van der Waals surface area contributed by atoms with Crippen LogP contribution in [-0.2, 0) is 5.41 Å². The van der Waals surface area contributed by atoms with Crippen molar-refractivity contribution >= 4 is 5.69 Å². The van der Waals surface area contributed by atoms with Gasteiger partial charge in [-0.2, -0.15) is 0 Å². The third-order valence-electron chi connectivity index (χ3n) is 3.55. The van der Waals surface area contributed by atoms with Crippen LogP contribution in [0.2, 0.25) is 0 Å². The third-order valence-corrected chi connectivity index (χ3v) is 3.55. The fourth-order valence-electron chi connectivity index (χ4n) is 2.16. The summed E-state index contributed by atoms with van der Waals surface area (Å²) in [4.78, 5) is 0. The summed E-state index contributed by atoms with van der Waals surface area (Å²) in [5, 5.41) is 3.37. The lowest BCUT2D eigenvalue weighted by Gasteiger charge is -2.30. The lowest BCUT2D eigenvalue weighted by atomic mass is 9.73. The van der Waals surface area contributed by atoms with Gasteiger partial charge in [0.05, 0.1) is 0 Å². The summed E-state index contributed by atoms with van der Waals surface area (Å²) in [5.41, 5.74) is 3.79. The quantitative estimate of drug-likeness (QED) is 0.709. The Labute approximate surface area is 85.8 Å². The van der Waals surface area contributed by atoms with Gasteiger partial charge in [-0.25, -0.2) is 0 Å².